The average molecular weight is 486 g/mol. The van der Waals surface area contributed by atoms with E-state index in [0.29, 0.717) is 11.1 Å². The zero-order valence-electron chi connectivity index (χ0n) is 10.2. The Morgan fingerprint density at radius 2 is 1.00 bits per heavy atom. The molecule has 2 aromatic heterocycles. The van der Waals surface area contributed by atoms with Crippen molar-refractivity contribution in [2.24, 2.45) is 0 Å². The molecule has 0 bridgehead atoms. The molecule has 6 heteroatoms. The summed E-state index contributed by atoms with van der Waals surface area (Å²) < 4.78 is 5.27. The van der Waals surface area contributed by atoms with Crippen molar-refractivity contribution in [2.75, 3.05) is 0 Å². The maximum Gasteiger partial charge on any atom is 0.0992 e. The van der Waals surface area contributed by atoms with Crippen molar-refractivity contribution >= 4 is 45.2 Å². The van der Waals surface area contributed by atoms with E-state index in [9.17, 15) is 0 Å². The van der Waals surface area contributed by atoms with Gasteiger partial charge in [0.05, 0.1) is 23.3 Å². The Morgan fingerprint density at radius 3 is 1.15 bits per heavy atom. The van der Waals surface area contributed by atoms with Crippen LogP contribution < -0.4 is 0 Å². The molecule has 0 radical (unpaired) electrons. The average Bonchev–Trinajstić information content (AvgIpc) is 2.57. The highest BCUT2D eigenvalue weighted by atomic mass is 127. The molecule has 0 unspecified atom stereocenters. The zero-order chi connectivity index (χ0) is 15.1. The van der Waals surface area contributed by atoms with Crippen LogP contribution >= 0.6 is 45.2 Å². The molecule has 0 fully saturated rings. The van der Waals surface area contributed by atoms with Crippen LogP contribution in [-0.2, 0) is 0 Å². The fourth-order valence-electron chi connectivity index (χ4n) is 0.853. The van der Waals surface area contributed by atoms with Crippen LogP contribution in [0.4, 0.5) is 0 Å². The van der Waals surface area contributed by atoms with Gasteiger partial charge >= 0.3 is 0 Å². The fraction of sp³-hybridized carbons (Fsp3) is 0. The third-order valence-electron chi connectivity index (χ3n) is 1.65. The number of hydrogen-bond donors (Lipinski definition) is 0. The number of aromatic nitrogens is 2. The van der Waals surface area contributed by atoms with Crippen LogP contribution in [0.5, 0.6) is 0 Å². The molecule has 0 aliphatic heterocycles. The first-order valence-corrected chi connectivity index (χ1v) is 7.25. The van der Waals surface area contributed by atoms with Crippen LogP contribution in [0.15, 0.2) is 49.1 Å². The lowest BCUT2D eigenvalue weighted by Crippen LogP contribution is -1.71. The van der Waals surface area contributed by atoms with E-state index in [1.807, 2.05) is 57.3 Å². The van der Waals surface area contributed by atoms with Gasteiger partial charge in [0.15, 0.2) is 0 Å². The highest BCUT2D eigenvalue weighted by Crippen LogP contribution is 1.90. The Bertz CT molecular complexity index is 564. The molecule has 0 spiro atoms. The predicted octanol–water partition coefficient (Wildman–Crippen LogP) is 3.68. The molecule has 2 aromatic rings. The standard InChI is InChI=1S/2C6H4N2.C2I2/c2*7-5-6-1-3-8-4-2-6;3-1-2-4/h2*1-4H;. The number of pyridine rings is 2. The van der Waals surface area contributed by atoms with Crippen LogP contribution in [0.1, 0.15) is 11.1 Å². The van der Waals surface area contributed by atoms with Gasteiger partial charge in [-0.15, -0.1) is 0 Å². The minimum atomic E-state index is 0.653. The molecule has 2 heterocycles. The Kier molecular flexibility index (Phi) is 12.6. The van der Waals surface area contributed by atoms with Gasteiger partial charge in [-0.2, -0.15) is 10.5 Å². The number of nitrogens with zero attached hydrogens (tertiary/aromatic N) is 4. The molecule has 0 amide bonds. The summed E-state index contributed by atoms with van der Waals surface area (Å²) in [4.78, 5) is 7.48. The van der Waals surface area contributed by atoms with E-state index >= 15 is 0 Å². The van der Waals surface area contributed by atoms with Crippen molar-refractivity contribution in [1.82, 2.24) is 9.97 Å². The van der Waals surface area contributed by atoms with E-state index in [2.05, 4.69) is 17.8 Å². The topological polar surface area (TPSA) is 73.4 Å². The van der Waals surface area contributed by atoms with E-state index in [-0.39, 0.29) is 0 Å². The second kappa shape index (κ2) is 13.7. The van der Waals surface area contributed by atoms with Gasteiger partial charge < -0.3 is 0 Å². The lowest BCUT2D eigenvalue weighted by Gasteiger charge is -1.79. The van der Waals surface area contributed by atoms with Crippen molar-refractivity contribution in [2.45, 2.75) is 0 Å². The molecule has 0 atom stereocenters. The van der Waals surface area contributed by atoms with Crippen molar-refractivity contribution < 1.29 is 0 Å². The Labute approximate surface area is 145 Å². The molecule has 0 saturated carbocycles. The first kappa shape index (κ1) is 18.3. The quantitative estimate of drug-likeness (QED) is 0.421. The van der Waals surface area contributed by atoms with Crippen LogP contribution in [0, 0.1) is 30.5 Å². The zero-order valence-corrected chi connectivity index (χ0v) is 14.5. The van der Waals surface area contributed by atoms with Crippen molar-refractivity contribution in [3.63, 3.8) is 0 Å². The monoisotopic (exact) mass is 486 g/mol. The lowest BCUT2D eigenvalue weighted by molar-refractivity contribution is 1.31. The van der Waals surface area contributed by atoms with Gasteiger partial charge in [0.1, 0.15) is 0 Å². The van der Waals surface area contributed by atoms with Gasteiger partial charge in [-0.3, -0.25) is 9.97 Å². The first-order valence-electron chi connectivity index (χ1n) is 5.10. The second-order valence-corrected chi connectivity index (χ2v) is 3.96. The maximum absolute atomic E-state index is 8.26. The van der Waals surface area contributed by atoms with E-state index in [4.69, 9.17) is 10.5 Å². The molecule has 0 aliphatic rings. The van der Waals surface area contributed by atoms with Gasteiger partial charge in [0.2, 0.25) is 0 Å². The van der Waals surface area contributed by atoms with E-state index < -0.39 is 0 Å². The Morgan fingerprint density at radius 1 is 0.700 bits per heavy atom. The van der Waals surface area contributed by atoms with Crippen LogP contribution in [0.2, 0.25) is 0 Å². The molecule has 0 aromatic carbocycles. The van der Waals surface area contributed by atoms with Gasteiger partial charge in [0, 0.05) is 70.0 Å². The number of nitriles is 2. The first-order chi connectivity index (χ1) is 9.78. The third kappa shape index (κ3) is 10.2. The normalized spacial score (nSPS) is 7.00. The highest BCUT2D eigenvalue weighted by molar-refractivity contribution is 14.1. The maximum atomic E-state index is 8.26. The van der Waals surface area contributed by atoms with Crippen molar-refractivity contribution in [1.29, 1.82) is 10.5 Å². The number of halogens is 2. The SMILES string of the molecule is IC#CI.N#Cc1ccncc1.N#Cc1ccncc1. The second-order valence-electron chi connectivity index (χ2n) is 2.88. The number of rotatable bonds is 0. The minimum absolute atomic E-state index is 0.653. The summed E-state index contributed by atoms with van der Waals surface area (Å²) in [5.74, 6) is 0. The molecule has 0 N–H and O–H groups in total. The van der Waals surface area contributed by atoms with Crippen LogP contribution in [0.3, 0.4) is 0 Å². The summed E-state index contributed by atoms with van der Waals surface area (Å²) in [6.07, 6.45) is 6.38. The summed E-state index contributed by atoms with van der Waals surface area (Å²) in [5.41, 5.74) is 1.31. The summed E-state index contributed by atoms with van der Waals surface area (Å²) in [6.45, 7) is 0. The smallest absolute Gasteiger partial charge is 0.0992 e. The molecule has 20 heavy (non-hydrogen) atoms. The minimum Gasteiger partial charge on any atom is -0.265 e. The molecule has 2 rings (SSSR count). The van der Waals surface area contributed by atoms with Crippen molar-refractivity contribution in [3.05, 3.63) is 60.2 Å². The van der Waals surface area contributed by atoms with Crippen LogP contribution in [-0.4, -0.2) is 9.97 Å². The van der Waals surface area contributed by atoms with E-state index in [0.717, 1.165) is 0 Å². The predicted molar refractivity (Wildman–Crippen MR) is 93.7 cm³/mol. The van der Waals surface area contributed by atoms with Crippen LogP contribution in [0.25, 0.3) is 0 Å². The lowest BCUT2D eigenvalue weighted by atomic mass is 10.3. The molecule has 0 aliphatic carbocycles. The third-order valence-corrected chi connectivity index (χ3v) is 3.23. The summed E-state index contributed by atoms with van der Waals surface area (Å²) in [7, 11) is 0. The molecule has 4 nitrogen and oxygen atoms in total. The van der Waals surface area contributed by atoms with Gasteiger partial charge in [-0.1, -0.05) is 0 Å². The van der Waals surface area contributed by atoms with Crippen molar-refractivity contribution in [3.8, 4) is 20.0 Å². The molecule has 0 saturated heterocycles. The Hall–Kier alpha value is -1.70. The van der Waals surface area contributed by atoms with Gasteiger partial charge in [0.25, 0.3) is 0 Å². The summed E-state index contributed by atoms with van der Waals surface area (Å²) in [5, 5.41) is 16.5. The van der Waals surface area contributed by atoms with Gasteiger partial charge in [-0.05, 0) is 32.1 Å². The van der Waals surface area contributed by atoms with Gasteiger partial charge in [-0.25, -0.2) is 0 Å². The Balaban J connectivity index is 0.000000289. The van der Waals surface area contributed by atoms with E-state index in [1.54, 1.807) is 49.1 Å². The molecule has 98 valence electrons. The fourth-order valence-corrected chi connectivity index (χ4v) is 0.853. The summed E-state index contributed by atoms with van der Waals surface area (Å²) in [6, 6.07) is 10.6. The largest absolute Gasteiger partial charge is 0.265 e. The molecular formula is C14H8I2N4. The number of hydrogen-bond acceptors (Lipinski definition) is 4. The summed E-state index contributed by atoms with van der Waals surface area (Å²) >= 11 is 3.97. The van der Waals surface area contributed by atoms with E-state index in [1.165, 1.54) is 0 Å². The molecular weight excluding hydrogens is 478 g/mol. The highest BCUT2D eigenvalue weighted by Gasteiger charge is 1.81.